The van der Waals surface area contributed by atoms with Crippen molar-refractivity contribution in [1.82, 2.24) is 9.21 Å². The van der Waals surface area contributed by atoms with Gasteiger partial charge in [0.25, 0.3) is 0 Å². The van der Waals surface area contributed by atoms with Crippen molar-refractivity contribution < 1.29 is 8.42 Å². The number of rotatable bonds is 6. The van der Waals surface area contributed by atoms with Crippen LogP contribution in [0.1, 0.15) is 26.7 Å². The fourth-order valence-corrected chi connectivity index (χ4v) is 3.40. The third-order valence-corrected chi connectivity index (χ3v) is 5.32. The van der Waals surface area contributed by atoms with Crippen LogP contribution in [0.5, 0.6) is 0 Å². The molecule has 2 N–H and O–H groups in total. The van der Waals surface area contributed by atoms with Gasteiger partial charge in [-0.15, -0.1) is 0 Å². The van der Waals surface area contributed by atoms with Gasteiger partial charge in [0.15, 0.2) is 0 Å². The van der Waals surface area contributed by atoms with Crippen molar-refractivity contribution in [2.45, 2.75) is 32.7 Å². The number of piperazine rings is 1. The second kappa shape index (κ2) is 6.68. The van der Waals surface area contributed by atoms with Gasteiger partial charge >= 0.3 is 0 Å². The summed E-state index contributed by atoms with van der Waals surface area (Å²) in [5, 5.41) is 0. The van der Waals surface area contributed by atoms with E-state index in [1.807, 2.05) is 0 Å². The lowest BCUT2D eigenvalue weighted by atomic mass is 10.1. The van der Waals surface area contributed by atoms with Crippen LogP contribution in [-0.2, 0) is 10.0 Å². The highest BCUT2D eigenvalue weighted by molar-refractivity contribution is 7.89. The lowest BCUT2D eigenvalue weighted by Gasteiger charge is -2.38. The van der Waals surface area contributed by atoms with Crippen LogP contribution in [0.4, 0.5) is 0 Å². The molecule has 0 amide bonds. The maximum atomic E-state index is 11.7. The van der Waals surface area contributed by atoms with Crippen LogP contribution >= 0.6 is 0 Å². The highest BCUT2D eigenvalue weighted by Crippen LogP contribution is 2.12. The van der Waals surface area contributed by atoms with Crippen LogP contribution in [-0.4, -0.2) is 62.1 Å². The van der Waals surface area contributed by atoms with Gasteiger partial charge in [0.1, 0.15) is 0 Å². The molecule has 6 heteroatoms. The number of nitrogens with zero attached hydrogens (tertiary/aromatic N) is 2. The smallest absolute Gasteiger partial charge is 0.213 e. The van der Waals surface area contributed by atoms with Crippen molar-refractivity contribution in [1.29, 1.82) is 0 Å². The Morgan fingerprint density at radius 1 is 1.18 bits per heavy atom. The topological polar surface area (TPSA) is 66.6 Å². The SMILES string of the molecule is CCCC(CN)N1CCN(S(=O)(=O)CC)CC1. The lowest BCUT2D eigenvalue weighted by Crippen LogP contribution is -2.53. The molecule has 1 aliphatic rings. The maximum absolute atomic E-state index is 11.7. The average Bonchev–Trinajstić information content (AvgIpc) is 2.36. The summed E-state index contributed by atoms with van der Waals surface area (Å²) in [5.41, 5.74) is 5.76. The predicted molar refractivity (Wildman–Crippen MR) is 70.4 cm³/mol. The Kier molecular flexibility index (Phi) is 5.85. The van der Waals surface area contributed by atoms with Gasteiger partial charge in [0.05, 0.1) is 5.75 Å². The van der Waals surface area contributed by atoms with Gasteiger partial charge in [-0.3, -0.25) is 4.90 Å². The number of nitrogens with two attached hydrogens (primary N) is 1. The molecule has 0 aromatic heterocycles. The van der Waals surface area contributed by atoms with Gasteiger partial charge in [-0.25, -0.2) is 8.42 Å². The van der Waals surface area contributed by atoms with E-state index < -0.39 is 10.0 Å². The monoisotopic (exact) mass is 263 g/mol. The second-order valence-electron chi connectivity index (χ2n) is 4.51. The highest BCUT2D eigenvalue weighted by atomic mass is 32.2. The third-order valence-electron chi connectivity index (χ3n) is 3.44. The predicted octanol–water partition coefficient (Wildman–Crippen LogP) is 0.0811. The Morgan fingerprint density at radius 2 is 1.76 bits per heavy atom. The molecule has 102 valence electrons. The first-order chi connectivity index (χ1) is 8.05. The van der Waals surface area contributed by atoms with Crippen molar-refractivity contribution in [2.24, 2.45) is 5.73 Å². The van der Waals surface area contributed by atoms with E-state index in [1.165, 1.54) is 0 Å². The minimum absolute atomic E-state index is 0.197. The van der Waals surface area contributed by atoms with E-state index in [-0.39, 0.29) is 5.75 Å². The number of hydrogen-bond donors (Lipinski definition) is 1. The van der Waals surface area contributed by atoms with Gasteiger partial charge in [-0.2, -0.15) is 4.31 Å². The van der Waals surface area contributed by atoms with Crippen LogP contribution in [0.25, 0.3) is 0 Å². The maximum Gasteiger partial charge on any atom is 0.213 e. The van der Waals surface area contributed by atoms with E-state index in [2.05, 4.69) is 11.8 Å². The van der Waals surface area contributed by atoms with E-state index in [0.717, 1.165) is 25.9 Å². The zero-order chi connectivity index (χ0) is 12.9. The fourth-order valence-electron chi connectivity index (χ4n) is 2.31. The van der Waals surface area contributed by atoms with Crippen LogP contribution < -0.4 is 5.73 Å². The Hall–Kier alpha value is -0.170. The largest absolute Gasteiger partial charge is 0.329 e. The zero-order valence-corrected chi connectivity index (χ0v) is 11.7. The molecular weight excluding hydrogens is 238 g/mol. The van der Waals surface area contributed by atoms with Crippen molar-refractivity contribution in [2.75, 3.05) is 38.5 Å². The van der Waals surface area contributed by atoms with Gasteiger partial charge in [-0.1, -0.05) is 13.3 Å². The summed E-state index contributed by atoms with van der Waals surface area (Å²) in [5.74, 6) is 0.197. The summed E-state index contributed by atoms with van der Waals surface area (Å²) >= 11 is 0. The normalized spacial score (nSPS) is 21.6. The molecule has 1 heterocycles. The molecule has 1 atom stereocenters. The Labute approximate surface area is 105 Å². The summed E-state index contributed by atoms with van der Waals surface area (Å²) < 4.78 is 25.0. The first-order valence-corrected chi connectivity index (χ1v) is 8.08. The summed E-state index contributed by atoms with van der Waals surface area (Å²) in [4.78, 5) is 2.32. The highest BCUT2D eigenvalue weighted by Gasteiger charge is 2.27. The molecule has 5 nitrogen and oxygen atoms in total. The number of hydrogen-bond acceptors (Lipinski definition) is 4. The van der Waals surface area contributed by atoms with Crippen LogP contribution in [0.15, 0.2) is 0 Å². The van der Waals surface area contributed by atoms with Crippen LogP contribution in [0.2, 0.25) is 0 Å². The second-order valence-corrected chi connectivity index (χ2v) is 6.77. The quantitative estimate of drug-likeness (QED) is 0.737. The van der Waals surface area contributed by atoms with Crippen molar-refractivity contribution in [3.63, 3.8) is 0 Å². The summed E-state index contributed by atoms with van der Waals surface area (Å²) in [7, 11) is -3.01. The molecule has 0 aliphatic carbocycles. The fraction of sp³-hybridized carbons (Fsp3) is 1.00. The summed E-state index contributed by atoms with van der Waals surface area (Å²) in [6.45, 7) is 7.34. The van der Waals surface area contributed by atoms with Gasteiger partial charge in [0.2, 0.25) is 10.0 Å². The molecule has 1 unspecified atom stereocenters. The summed E-state index contributed by atoms with van der Waals surface area (Å²) in [6, 6.07) is 0.409. The Morgan fingerprint density at radius 3 is 2.18 bits per heavy atom. The van der Waals surface area contributed by atoms with Gasteiger partial charge < -0.3 is 5.73 Å². The molecule has 0 spiro atoms. The molecule has 1 saturated heterocycles. The van der Waals surface area contributed by atoms with Crippen LogP contribution in [0, 0.1) is 0 Å². The molecule has 1 rings (SSSR count). The molecular formula is C11H25N3O2S. The standard InChI is InChI=1S/C11H25N3O2S/c1-3-5-11(10-12)13-6-8-14(9-7-13)17(15,16)4-2/h11H,3-10,12H2,1-2H3. The minimum atomic E-state index is -3.01. The Bertz CT molecular complexity index is 311. The first-order valence-electron chi connectivity index (χ1n) is 6.47. The molecule has 1 aliphatic heterocycles. The van der Waals surface area contributed by atoms with Crippen molar-refractivity contribution in [3.8, 4) is 0 Å². The average molecular weight is 263 g/mol. The van der Waals surface area contributed by atoms with Gasteiger partial charge in [-0.05, 0) is 13.3 Å². The molecule has 17 heavy (non-hydrogen) atoms. The van der Waals surface area contributed by atoms with Crippen molar-refractivity contribution >= 4 is 10.0 Å². The van der Waals surface area contributed by atoms with E-state index in [4.69, 9.17) is 5.73 Å². The molecule has 0 aromatic carbocycles. The zero-order valence-electron chi connectivity index (χ0n) is 10.9. The Balaban J connectivity index is 2.50. The van der Waals surface area contributed by atoms with Crippen molar-refractivity contribution in [3.05, 3.63) is 0 Å². The van der Waals surface area contributed by atoms with E-state index in [9.17, 15) is 8.42 Å². The molecule has 0 radical (unpaired) electrons. The first kappa shape index (κ1) is 14.9. The molecule has 0 aromatic rings. The minimum Gasteiger partial charge on any atom is -0.329 e. The third kappa shape index (κ3) is 3.91. The lowest BCUT2D eigenvalue weighted by molar-refractivity contribution is 0.134. The summed E-state index contributed by atoms with van der Waals surface area (Å²) in [6.07, 6.45) is 2.21. The molecule has 0 bridgehead atoms. The molecule has 1 fully saturated rings. The van der Waals surface area contributed by atoms with Gasteiger partial charge in [0, 0.05) is 38.8 Å². The van der Waals surface area contributed by atoms with E-state index in [0.29, 0.717) is 25.7 Å². The van der Waals surface area contributed by atoms with Crippen LogP contribution in [0.3, 0.4) is 0 Å². The van der Waals surface area contributed by atoms with E-state index in [1.54, 1.807) is 11.2 Å². The number of sulfonamides is 1. The molecule has 0 saturated carbocycles. The van der Waals surface area contributed by atoms with E-state index >= 15 is 0 Å².